The number of nitrogens with zero attached hydrogens (tertiary/aromatic N) is 1. The zero-order chi connectivity index (χ0) is 10.7. The number of hydrogen-bond donors (Lipinski definition) is 3. The summed E-state index contributed by atoms with van der Waals surface area (Å²) in [6, 6.07) is 0. The van der Waals surface area contributed by atoms with Gasteiger partial charge in [0.2, 0.25) is 0 Å². The lowest BCUT2D eigenvalue weighted by Crippen LogP contribution is -2.34. The molecule has 3 unspecified atom stereocenters. The van der Waals surface area contributed by atoms with E-state index < -0.39 is 12.2 Å². The molecular formula is C10H22N2O2. The maximum atomic E-state index is 9.37. The van der Waals surface area contributed by atoms with Gasteiger partial charge < -0.3 is 15.9 Å². The highest BCUT2D eigenvalue weighted by Gasteiger charge is 2.30. The second-order valence-corrected chi connectivity index (χ2v) is 4.59. The number of hydrogen-bond acceptors (Lipinski definition) is 4. The third-order valence-electron chi connectivity index (χ3n) is 3.07. The van der Waals surface area contributed by atoms with E-state index in [4.69, 9.17) is 5.73 Å². The summed E-state index contributed by atoms with van der Waals surface area (Å²) in [4.78, 5) is 2.09. The maximum absolute atomic E-state index is 9.37. The van der Waals surface area contributed by atoms with Gasteiger partial charge in [-0.1, -0.05) is 13.8 Å². The van der Waals surface area contributed by atoms with Crippen molar-refractivity contribution in [1.82, 2.24) is 4.90 Å². The summed E-state index contributed by atoms with van der Waals surface area (Å²) in [7, 11) is 0. The van der Waals surface area contributed by atoms with Gasteiger partial charge in [0.05, 0.1) is 12.2 Å². The molecule has 0 aromatic carbocycles. The highest BCUT2D eigenvalue weighted by molar-refractivity contribution is 4.84. The van der Waals surface area contributed by atoms with E-state index in [0.717, 1.165) is 6.54 Å². The van der Waals surface area contributed by atoms with Crippen LogP contribution in [-0.4, -0.2) is 53.5 Å². The summed E-state index contributed by atoms with van der Waals surface area (Å²) < 4.78 is 0. The van der Waals surface area contributed by atoms with Crippen molar-refractivity contribution in [2.45, 2.75) is 26.1 Å². The number of likely N-dealkylation sites (tertiary alicyclic amines) is 1. The predicted octanol–water partition coefficient (Wildman–Crippen LogP) is -0.745. The second-order valence-electron chi connectivity index (χ2n) is 4.59. The zero-order valence-corrected chi connectivity index (χ0v) is 9.06. The van der Waals surface area contributed by atoms with Crippen LogP contribution in [0.3, 0.4) is 0 Å². The van der Waals surface area contributed by atoms with Crippen molar-refractivity contribution in [3.8, 4) is 0 Å². The third-order valence-corrected chi connectivity index (χ3v) is 3.07. The molecule has 14 heavy (non-hydrogen) atoms. The second kappa shape index (κ2) is 5.07. The smallest absolute Gasteiger partial charge is 0.0938 e. The molecule has 0 saturated carbocycles. The van der Waals surface area contributed by atoms with Gasteiger partial charge in [-0.2, -0.15) is 0 Å². The van der Waals surface area contributed by atoms with Gasteiger partial charge in [-0.15, -0.1) is 0 Å². The Bertz CT molecular complexity index is 166. The van der Waals surface area contributed by atoms with Crippen LogP contribution < -0.4 is 5.73 Å². The maximum Gasteiger partial charge on any atom is 0.0938 e. The number of β-amino-alcohol motifs (C(OH)–C–C–N with tert-alkyl or cyclic N) is 2. The molecule has 0 bridgehead atoms. The van der Waals surface area contributed by atoms with Gasteiger partial charge >= 0.3 is 0 Å². The number of rotatable bonds is 4. The molecule has 0 amide bonds. The van der Waals surface area contributed by atoms with Gasteiger partial charge in [0.1, 0.15) is 0 Å². The Hall–Kier alpha value is -0.160. The Morgan fingerprint density at radius 3 is 2.14 bits per heavy atom. The van der Waals surface area contributed by atoms with Crippen molar-refractivity contribution >= 4 is 0 Å². The first kappa shape index (κ1) is 11.9. The summed E-state index contributed by atoms with van der Waals surface area (Å²) >= 11 is 0. The lowest BCUT2D eigenvalue weighted by Gasteiger charge is -2.24. The minimum atomic E-state index is -0.583. The van der Waals surface area contributed by atoms with Gasteiger partial charge in [-0.25, -0.2) is 0 Å². The molecule has 0 aromatic heterocycles. The van der Waals surface area contributed by atoms with E-state index in [0.29, 0.717) is 31.5 Å². The molecule has 4 heteroatoms. The fourth-order valence-electron chi connectivity index (χ4n) is 1.89. The van der Waals surface area contributed by atoms with E-state index in [1.807, 2.05) is 0 Å². The number of nitrogens with two attached hydrogens (primary N) is 1. The fourth-order valence-corrected chi connectivity index (χ4v) is 1.89. The summed E-state index contributed by atoms with van der Waals surface area (Å²) in [6.07, 6.45) is -1.17. The van der Waals surface area contributed by atoms with Crippen LogP contribution in [0.2, 0.25) is 0 Å². The van der Waals surface area contributed by atoms with Crippen molar-refractivity contribution in [2.75, 3.05) is 26.2 Å². The topological polar surface area (TPSA) is 69.7 Å². The minimum Gasteiger partial charge on any atom is -0.389 e. The first-order chi connectivity index (χ1) is 6.54. The van der Waals surface area contributed by atoms with Crippen molar-refractivity contribution in [3.63, 3.8) is 0 Å². The quantitative estimate of drug-likeness (QED) is 0.561. The van der Waals surface area contributed by atoms with Gasteiger partial charge in [0.15, 0.2) is 0 Å². The Labute approximate surface area is 85.7 Å². The van der Waals surface area contributed by atoms with Crippen LogP contribution in [0.5, 0.6) is 0 Å². The zero-order valence-electron chi connectivity index (χ0n) is 9.06. The molecule has 1 aliphatic heterocycles. The number of aliphatic hydroxyl groups is 2. The van der Waals surface area contributed by atoms with E-state index in [9.17, 15) is 10.2 Å². The summed E-state index contributed by atoms with van der Waals surface area (Å²) in [5, 5.41) is 18.7. The normalized spacial score (nSPS) is 31.3. The minimum absolute atomic E-state index is 0.451. The molecule has 4 N–H and O–H groups in total. The van der Waals surface area contributed by atoms with E-state index in [1.165, 1.54) is 0 Å². The van der Waals surface area contributed by atoms with Crippen molar-refractivity contribution in [2.24, 2.45) is 17.6 Å². The highest BCUT2D eigenvalue weighted by Crippen LogP contribution is 2.16. The Kier molecular flexibility index (Phi) is 4.31. The lowest BCUT2D eigenvalue weighted by atomic mass is 9.95. The summed E-state index contributed by atoms with van der Waals surface area (Å²) in [5.74, 6) is 1.00. The monoisotopic (exact) mass is 202 g/mol. The van der Waals surface area contributed by atoms with Gasteiger partial charge in [0, 0.05) is 19.6 Å². The molecule has 1 saturated heterocycles. The lowest BCUT2D eigenvalue weighted by molar-refractivity contribution is 0.0572. The molecule has 0 aromatic rings. The molecule has 4 nitrogen and oxygen atoms in total. The first-order valence-electron chi connectivity index (χ1n) is 5.33. The average Bonchev–Trinajstić information content (AvgIpc) is 2.41. The molecule has 3 atom stereocenters. The molecule has 0 spiro atoms. The first-order valence-corrected chi connectivity index (χ1v) is 5.33. The molecule has 1 aliphatic rings. The molecule has 1 fully saturated rings. The van der Waals surface area contributed by atoms with E-state index in [1.54, 1.807) is 0 Å². The molecular weight excluding hydrogens is 180 g/mol. The summed E-state index contributed by atoms with van der Waals surface area (Å²) in [6.45, 7) is 7.00. The SMILES string of the molecule is CC(C)C(CN)CN1CC(O)C(O)C1. The number of aliphatic hydroxyl groups excluding tert-OH is 2. The molecule has 1 rings (SSSR count). The van der Waals surface area contributed by atoms with E-state index >= 15 is 0 Å². The van der Waals surface area contributed by atoms with Crippen LogP contribution in [0.1, 0.15) is 13.8 Å². The Morgan fingerprint density at radius 1 is 1.29 bits per heavy atom. The standard InChI is InChI=1S/C10H22N2O2/c1-7(2)8(3-11)4-12-5-9(13)10(14)6-12/h7-10,13-14H,3-6,11H2,1-2H3. The molecule has 0 aliphatic carbocycles. The Balaban J connectivity index is 2.37. The van der Waals surface area contributed by atoms with Crippen molar-refractivity contribution in [1.29, 1.82) is 0 Å². The molecule has 0 radical (unpaired) electrons. The van der Waals surface area contributed by atoms with Crippen LogP contribution >= 0.6 is 0 Å². The third kappa shape index (κ3) is 2.92. The molecule has 1 heterocycles. The molecule has 84 valence electrons. The van der Waals surface area contributed by atoms with Gasteiger partial charge in [-0.3, -0.25) is 4.90 Å². The average molecular weight is 202 g/mol. The predicted molar refractivity (Wildman–Crippen MR) is 55.8 cm³/mol. The van der Waals surface area contributed by atoms with Crippen LogP contribution in [0.15, 0.2) is 0 Å². The van der Waals surface area contributed by atoms with Crippen LogP contribution in [0, 0.1) is 11.8 Å². The van der Waals surface area contributed by atoms with Crippen molar-refractivity contribution in [3.05, 3.63) is 0 Å². The van der Waals surface area contributed by atoms with Crippen molar-refractivity contribution < 1.29 is 10.2 Å². The van der Waals surface area contributed by atoms with Gasteiger partial charge in [-0.05, 0) is 18.4 Å². The highest BCUT2D eigenvalue weighted by atomic mass is 16.3. The fraction of sp³-hybridized carbons (Fsp3) is 1.00. The van der Waals surface area contributed by atoms with Crippen LogP contribution in [0.4, 0.5) is 0 Å². The van der Waals surface area contributed by atoms with Gasteiger partial charge in [0.25, 0.3) is 0 Å². The summed E-state index contributed by atoms with van der Waals surface area (Å²) in [5.41, 5.74) is 5.67. The largest absolute Gasteiger partial charge is 0.389 e. The van der Waals surface area contributed by atoms with E-state index in [2.05, 4.69) is 18.7 Å². The Morgan fingerprint density at radius 2 is 1.79 bits per heavy atom. The van der Waals surface area contributed by atoms with Crippen LogP contribution in [-0.2, 0) is 0 Å². The van der Waals surface area contributed by atoms with E-state index in [-0.39, 0.29) is 0 Å². The van der Waals surface area contributed by atoms with Crippen LogP contribution in [0.25, 0.3) is 0 Å².